The fraction of sp³-hybridized carbons (Fsp3) is 1.00. The van der Waals surface area contributed by atoms with Crippen LogP contribution in [0.4, 0.5) is 30.7 Å². The van der Waals surface area contributed by atoms with Gasteiger partial charge in [0.05, 0.1) is 6.61 Å². The van der Waals surface area contributed by atoms with Crippen molar-refractivity contribution in [2.75, 3.05) is 6.61 Å². The van der Waals surface area contributed by atoms with Crippen LogP contribution in [0.1, 0.15) is 19.3 Å². The lowest BCUT2D eigenvalue weighted by Gasteiger charge is -2.21. The summed E-state index contributed by atoms with van der Waals surface area (Å²) in [7, 11) is 0. The number of hydrogen-bond acceptors (Lipinski definition) is 1. The molecule has 0 aromatic carbocycles. The molecular weight excluding hydrogens is 360 g/mol. The molecule has 0 aromatic heterocycles. The molecule has 0 aliphatic rings. The van der Waals surface area contributed by atoms with Crippen LogP contribution in [0.25, 0.3) is 0 Å². The molecule has 9 heteroatoms. The molecule has 0 aliphatic heterocycles. The summed E-state index contributed by atoms with van der Waals surface area (Å²) in [6, 6.07) is 0. The molecule has 98 valence electrons. The van der Waals surface area contributed by atoms with Gasteiger partial charge in [0.15, 0.2) is 0 Å². The molecule has 0 aromatic rings. The van der Waals surface area contributed by atoms with Crippen molar-refractivity contribution in [1.82, 2.24) is 0 Å². The molecule has 0 saturated carbocycles. The quantitative estimate of drug-likeness (QED) is 0.293. The predicted molar refractivity (Wildman–Crippen MR) is 49.8 cm³/mol. The number of hydrogen-bond donors (Lipinski definition) is 0. The van der Waals surface area contributed by atoms with Gasteiger partial charge in [-0.05, 0) is 12.8 Å². The average molecular weight is 368 g/mol. The van der Waals surface area contributed by atoms with Crippen molar-refractivity contribution >= 4 is 22.6 Å². The van der Waals surface area contributed by atoms with Crippen molar-refractivity contribution in [2.45, 2.75) is 35.5 Å². The molecule has 0 amide bonds. The second-order valence-corrected chi connectivity index (χ2v) is 4.29. The molecule has 0 spiro atoms. The van der Waals surface area contributed by atoms with E-state index in [1.54, 1.807) is 0 Å². The van der Waals surface area contributed by atoms with E-state index in [0.29, 0.717) is 0 Å². The molecule has 0 radical (unpaired) electrons. The fourth-order valence-corrected chi connectivity index (χ4v) is 0.865. The van der Waals surface area contributed by atoms with Gasteiger partial charge in [-0.1, -0.05) is 0 Å². The number of rotatable bonds is 6. The van der Waals surface area contributed by atoms with E-state index in [1.807, 2.05) is 0 Å². The minimum Gasteiger partial charge on any atom is -0.315 e. The number of alkyl halides is 8. The first kappa shape index (κ1) is 16.2. The van der Waals surface area contributed by atoms with E-state index in [0.717, 1.165) is 0 Å². The first-order chi connectivity index (χ1) is 6.96. The van der Waals surface area contributed by atoms with Gasteiger partial charge in [-0.25, -0.2) is 0 Å². The van der Waals surface area contributed by atoms with E-state index in [-0.39, 0.29) is 29.0 Å². The molecule has 0 N–H and O–H groups in total. The second kappa shape index (κ2) is 5.69. The molecule has 0 aliphatic carbocycles. The zero-order valence-electron chi connectivity index (χ0n) is 7.76. The van der Waals surface area contributed by atoms with E-state index < -0.39 is 35.7 Å². The van der Waals surface area contributed by atoms with Crippen LogP contribution in [0.5, 0.6) is 0 Å². The first-order valence-corrected chi connectivity index (χ1v) is 5.19. The van der Waals surface area contributed by atoms with Crippen LogP contribution >= 0.6 is 22.6 Å². The molecule has 0 atom stereocenters. The highest BCUT2D eigenvalue weighted by Gasteiger charge is 2.55. The summed E-state index contributed by atoms with van der Waals surface area (Å²) in [6.07, 6.45) is -11.0. The van der Waals surface area contributed by atoms with Gasteiger partial charge in [0.2, 0.25) is 0 Å². The minimum atomic E-state index is -4.66. The Morgan fingerprint density at radius 1 is 0.875 bits per heavy atom. The number of halogens is 8. The minimum absolute atomic E-state index is 0.205. The highest BCUT2D eigenvalue weighted by Crippen LogP contribution is 2.40. The highest BCUT2D eigenvalue weighted by molar-refractivity contribution is 14.1. The third-order valence-corrected chi connectivity index (χ3v) is 2.10. The SMILES string of the molecule is FC(F)(F)CCCCOC(F)(F)C(F)(F)I. The van der Waals surface area contributed by atoms with Gasteiger partial charge in [-0.2, -0.15) is 30.7 Å². The number of ether oxygens (including phenoxy) is 1. The molecular formula is C7H8F7IO. The molecule has 1 nitrogen and oxygen atoms in total. The summed E-state index contributed by atoms with van der Waals surface area (Å²) >= 11 is 0.205. The normalized spacial score (nSPS) is 14.2. The van der Waals surface area contributed by atoms with E-state index in [9.17, 15) is 30.7 Å². The second-order valence-electron chi connectivity index (χ2n) is 2.94. The predicted octanol–water partition coefficient (Wildman–Crippen LogP) is 4.36. The van der Waals surface area contributed by atoms with Crippen LogP contribution < -0.4 is 0 Å². The van der Waals surface area contributed by atoms with Crippen LogP contribution in [-0.2, 0) is 4.74 Å². The Labute approximate surface area is 100 Å². The third kappa shape index (κ3) is 6.71. The lowest BCUT2D eigenvalue weighted by atomic mass is 10.2. The van der Waals surface area contributed by atoms with E-state index in [1.165, 1.54) is 0 Å². The largest absolute Gasteiger partial charge is 0.429 e. The lowest BCUT2D eigenvalue weighted by molar-refractivity contribution is -0.307. The van der Waals surface area contributed by atoms with Crippen molar-refractivity contribution < 1.29 is 35.5 Å². The Bertz CT molecular complexity index is 210. The maximum atomic E-state index is 12.4. The molecule has 0 fully saturated rings. The Morgan fingerprint density at radius 2 is 1.38 bits per heavy atom. The fourth-order valence-electron chi connectivity index (χ4n) is 0.710. The van der Waals surface area contributed by atoms with Crippen molar-refractivity contribution in [3.8, 4) is 0 Å². The Morgan fingerprint density at radius 3 is 1.75 bits per heavy atom. The molecule has 16 heavy (non-hydrogen) atoms. The van der Waals surface area contributed by atoms with Gasteiger partial charge in [0.25, 0.3) is 0 Å². The van der Waals surface area contributed by atoms with Crippen molar-refractivity contribution in [2.24, 2.45) is 0 Å². The van der Waals surface area contributed by atoms with Crippen LogP contribution in [0.2, 0.25) is 0 Å². The molecule has 0 rings (SSSR count). The summed E-state index contributed by atoms with van der Waals surface area (Å²) in [6.45, 7) is -0.846. The monoisotopic (exact) mass is 368 g/mol. The average Bonchev–Trinajstić information content (AvgIpc) is 1.98. The van der Waals surface area contributed by atoms with Gasteiger partial charge in [-0.3, -0.25) is 0 Å². The van der Waals surface area contributed by atoms with Crippen molar-refractivity contribution in [1.29, 1.82) is 0 Å². The summed E-state index contributed by atoms with van der Waals surface area (Å²) in [5.74, 6) is 0. The van der Waals surface area contributed by atoms with Crippen molar-refractivity contribution in [3.05, 3.63) is 0 Å². The zero-order chi connectivity index (χ0) is 13.0. The van der Waals surface area contributed by atoms with Gasteiger partial charge >= 0.3 is 16.2 Å². The van der Waals surface area contributed by atoms with Crippen LogP contribution in [0, 0.1) is 0 Å². The Balaban J connectivity index is 3.75. The topological polar surface area (TPSA) is 9.23 Å². The maximum Gasteiger partial charge on any atom is 0.429 e. The van der Waals surface area contributed by atoms with Gasteiger partial charge in [0, 0.05) is 29.0 Å². The first-order valence-electron chi connectivity index (χ1n) is 4.11. The summed E-state index contributed by atoms with van der Waals surface area (Å²) < 4.78 is 83.0. The zero-order valence-corrected chi connectivity index (χ0v) is 9.92. The number of unbranched alkanes of at least 4 members (excludes halogenated alkanes) is 1. The van der Waals surface area contributed by atoms with Crippen LogP contribution in [0.3, 0.4) is 0 Å². The molecule has 0 bridgehead atoms. The van der Waals surface area contributed by atoms with Crippen molar-refractivity contribution in [3.63, 3.8) is 0 Å². The molecule has 0 unspecified atom stereocenters. The van der Waals surface area contributed by atoms with E-state index >= 15 is 0 Å². The highest BCUT2D eigenvalue weighted by atomic mass is 127. The molecule has 0 heterocycles. The Kier molecular flexibility index (Phi) is 5.77. The van der Waals surface area contributed by atoms with Gasteiger partial charge in [0.1, 0.15) is 0 Å². The summed E-state index contributed by atoms with van der Waals surface area (Å²) in [5.41, 5.74) is 0. The summed E-state index contributed by atoms with van der Waals surface area (Å²) in [4.78, 5) is 0. The summed E-state index contributed by atoms with van der Waals surface area (Å²) in [5, 5.41) is 0. The standard InChI is InChI=1S/C7H8F7IO/c8-5(9,10)3-1-2-4-16-7(13,14)6(11,12)15/h1-4H2. The Hall–Kier alpha value is 0.200. The third-order valence-electron chi connectivity index (χ3n) is 1.47. The van der Waals surface area contributed by atoms with Gasteiger partial charge < -0.3 is 4.74 Å². The maximum absolute atomic E-state index is 12.4. The molecule has 0 saturated heterocycles. The smallest absolute Gasteiger partial charge is 0.315 e. The van der Waals surface area contributed by atoms with Crippen LogP contribution in [0.15, 0.2) is 0 Å². The lowest BCUT2D eigenvalue weighted by Crippen LogP contribution is -2.37. The van der Waals surface area contributed by atoms with E-state index in [2.05, 4.69) is 4.74 Å². The van der Waals surface area contributed by atoms with Crippen LogP contribution in [-0.4, -0.2) is 22.8 Å². The van der Waals surface area contributed by atoms with E-state index in [4.69, 9.17) is 0 Å². The van der Waals surface area contributed by atoms with Gasteiger partial charge in [-0.15, -0.1) is 0 Å².